The molecule has 1 amide bonds. The maximum Gasteiger partial charge on any atom is 0.296 e. The quantitative estimate of drug-likeness (QED) is 0.573. The number of amides is 1. The van der Waals surface area contributed by atoms with E-state index in [-0.39, 0.29) is 0 Å². The van der Waals surface area contributed by atoms with Gasteiger partial charge in [-0.05, 0) is 18.2 Å². The molecule has 0 radical (unpaired) electrons. The highest BCUT2D eigenvalue weighted by Gasteiger charge is 2.22. The smallest absolute Gasteiger partial charge is 0.296 e. The highest BCUT2D eigenvalue weighted by Crippen LogP contribution is 2.29. The summed E-state index contributed by atoms with van der Waals surface area (Å²) < 4.78 is 12.2. The van der Waals surface area contributed by atoms with Crippen molar-refractivity contribution in [2.24, 2.45) is 7.05 Å². The maximum absolute atomic E-state index is 12.6. The fourth-order valence-corrected chi connectivity index (χ4v) is 2.74. The van der Waals surface area contributed by atoms with Crippen LogP contribution >= 0.6 is 0 Å². The average molecular weight is 338 g/mol. The standard InChI is InChI=1S/C19H18N2O4/c1-21-11-14(13-6-4-5-7-16(13)21)18(22)19(23)20-15-10-12(24-2)8-9-17(15)25-3/h4-11H,1-3H3,(H,20,23). The molecular weight excluding hydrogens is 320 g/mol. The van der Waals surface area contributed by atoms with Gasteiger partial charge in [0.15, 0.2) is 0 Å². The van der Waals surface area contributed by atoms with Crippen molar-refractivity contribution in [2.45, 2.75) is 0 Å². The zero-order chi connectivity index (χ0) is 18.0. The number of nitrogens with zero attached hydrogens (tertiary/aromatic N) is 1. The maximum atomic E-state index is 12.6. The van der Waals surface area contributed by atoms with E-state index in [1.807, 2.05) is 35.9 Å². The third-order valence-electron chi connectivity index (χ3n) is 4.00. The first kappa shape index (κ1) is 16.6. The lowest BCUT2D eigenvalue weighted by molar-refractivity contribution is -0.112. The molecule has 0 unspecified atom stereocenters. The van der Waals surface area contributed by atoms with E-state index in [1.54, 1.807) is 24.4 Å². The van der Waals surface area contributed by atoms with E-state index < -0.39 is 11.7 Å². The first-order valence-corrected chi connectivity index (χ1v) is 7.67. The molecule has 0 bridgehead atoms. The van der Waals surface area contributed by atoms with Crippen molar-refractivity contribution in [3.8, 4) is 11.5 Å². The Morgan fingerprint density at radius 2 is 1.80 bits per heavy atom. The number of rotatable bonds is 5. The zero-order valence-electron chi connectivity index (χ0n) is 14.2. The molecule has 3 rings (SSSR count). The Balaban J connectivity index is 1.92. The SMILES string of the molecule is COc1ccc(OC)c(NC(=O)C(=O)c2cn(C)c3ccccc23)c1. The molecule has 1 N–H and O–H groups in total. The van der Waals surface area contributed by atoms with Crippen LogP contribution in [-0.4, -0.2) is 30.5 Å². The number of hydrogen-bond donors (Lipinski definition) is 1. The molecule has 0 saturated heterocycles. The lowest BCUT2D eigenvalue weighted by Crippen LogP contribution is -2.23. The van der Waals surface area contributed by atoms with E-state index in [1.165, 1.54) is 14.2 Å². The second-order valence-corrected chi connectivity index (χ2v) is 5.52. The van der Waals surface area contributed by atoms with Crippen LogP contribution in [0.2, 0.25) is 0 Å². The van der Waals surface area contributed by atoms with Crippen molar-refractivity contribution in [1.29, 1.82) is 0 Å². The van der Waals surface area contributed by atoms with Gasteiger partial charge in [0.05, 0.1) is 25.5 Å². The molecule has 0 aliphatic heterocycles. The van der Waals surface area contributed by atoms with Gasteiger partial charge in [-0.3, -0.25) is 9.59 Å². The predicted molar refractivity (Wildman–Crippen MR) is 95.4 cm³/mol. The summed E-state index contributed by atoms with van der Waals surface area (Å²) >= 11 is 0. The minimum Gasteiger partial charge on any atom is -0.497 e. The third kappa shape index (κ3) is 3.06. The molecule has 3 aromatic rings. The summed E-state index contributed by atoms with van der Waals surface area (Å²) in [5.74, 6) is -0.349. The second kappa shape index (κ2) is 6.68. The fourth-order valence-electron chi connectivity index (χ4n) is 2.74. The Morgan fingerprint density at radius 1 is 1.04 bits per heavy atom. The highest BCUT2D eigenvalue weighted by molar-refractivity contribution is 6.48. The Bertz CT molecular complexity index is 959. The van der Waals surface area contributed by atoms with Gasteiger partial charge in [-0.1, -0.05) is 18.2 Å². The number of aryl methyl sites for hydroxylation is 1. The summed E-state index contributed by atoms with van der Waals surface area (Å²) in [7, 11) is 4.85. The summed E-state index contributed by atoms with van der Waals surface area (Å²) in [5.41, 5.74) is 1.62. The third-order valence-corrected chi connectivity index (χ3v) is 4.00. The lowest BCUT2D eigenvalue weighted by Gasteiger charge is -2.11. The van der Waals surface area contributed by atoms with Crippen LogP contribution in [0.4, 0.5) is 5.69 Å². The Labute approximate surface area is 145 Å². The molecule has 25 heavy (non-hydrogen) atoms. The van der Waals surface area contributed by atoms with E-state index in [2.05, 4.69) is 5.32 Å². The molecule has 6 heteroatoms. The van der Waals surface area contributed by atoms with Crippen LogP contribution in [0.3, 0.4) is 0 Å². The van der Waals surface area contributed by atoms with Gasteiger partial charge in [0.2, 0.25) is 0 Å². The first-order valence-electron chi connectivity index (χ1n) is 7.67. The topological polar surface area (TPSA) is 69.6 Å². The van der Waals surface area contributed by atoms with Crippen molar-refractivity contribution >= 4 is 28.3 Å². The van der Waals surface area contributed by atoms with Crippen LogP contribution in [0.25, 0.3) is 10.9 Å². The van der Waals surface area contributed by atoms with E-state index in [0.29, 0.717) is 22.7 Å². The van der Waals surface area contributed by atoms with E-state index in [4.69, 9.17) is 9.47 Å². The number of methoxy groups -OCH3 is 2. The number of benzene rings is 2. The number of Topliss-reactive ketones (excluding diaryl/α,β-unsaturated/α-hetero) is 1. The number of hydrogen-bond acceptors (Lipinski definition) is 4. The minimum atomic E-state index is -0.733. The molecule has 0 aliphatic rings. The van der Waals surface area contributed by atoms with Crippen LogP contribution < -0.4 is 14.8 Å². The van der Waals surface area contributed by atoms with Crippen LogP contribution in [0.5, 0.6) is 11.5 Å². The van der Waals surface area contributed by atoms with Gasteiger partial charge in [0, 0.05) is 30.2 Å². The molecule has 0 spiro atoms. The van der Waals surface area contributed by atoms with Crippen LogP contribution in [0.15, 0.2) is 48.7 Å². The number of fused-ring (bicyclic) bond motifs is 1. The molecule has 2 aromatic carbocycles. The van der Waals surface area contributed by atoms with Crippen LogP contribution in [0, 0.1) is 0 Å². The van der Waals surface area contributed by atoms with E-state index in [0.717, 1.165) is 10.9 Å². The number of para-hydroxylation sites is 1. The Kier molecular flexibility index (Phi) is 4.43. The second-order valence-electron chi connectivity index (χ2n) is 5.52. The summed E-state index contributed by atoms with van der Waals surface area (Å²) in [4.78, 5) is 25.1. The molecular formula is C19H18N2O4. The van der Waals surface area contributed by atoms with Crippen molar-refractivity contribution in [3.63, 3.8) is 0 Å². The first-order chi connectivity index (χ1) is 12.0. The molecule has 0 atom stereocenters. The van der Waals surface area contributed by atoms with Gasteiger partial charge in [0.25, 0.3) is 11.7 Å². The molecule has 6 nitrogen and oxygen atoms in total. The zero-order valence-corrected chi connectivity index (χ0v) is 14.2. The van der Waals surface area contributed by atoms with Gasteiger partial charge in [0.1, 0.15) is 11.5 Å². The van der Waals surface area contributed by atoms with Crippen LogP contribution in [0.1, 0.15) is 10.4 Å². The summed E-state index contributed by atoms with van der Waals surface area (Å²) in [6.45, 7) is 0. The summed E-state index contributed by atoms with van der Waals surface area (Å²) in [6, 6.07) is 12.4. The van der Waals surface area contributed by atoms with Gasteiger partial charge >= 0.3 is 0 Å². The number of carbonyl (C=O) groups excluding carboxylic acids is 2. The lowest BCUT2D eigenvalue weighted by atomic mass is 10.1. The van der Waals surface area contributed by atoms with E-state index in [9.17, 15) is 9.59 Å². The fraction of sp³-hybridized carbons (Fsp3) is 0.158. The molecule has 0 aliphatic carbocycles. The monoisotopic (exact) mass is 338 g/mol. The van der Waals surface area contributed by atoms with Gasteiger partial charge in [-0.15, -0.1) is 0 Å². The number of ketones is 1. The van der Waals surface area contributed by atoms with Crippen molar-refractivity contribution < 1.29 is 19.1 Å². The molecule has 0 saturated carbocycles. The number of aromatic nitrogens is 1. The largest absolute Gasteiger partial charge is 0.497 e. The molecule has 1 aromatic heterocycles. The molecule has 1 heterocycles. The van der Waals surface area contributed by atoms with Gasteiger partial charge in [-0.2, -0.15) is 0 Å². The normalized spacial score (nSPS) is 10.5. The van der Waals surface area contributed by atoms with Crippen molar-refractivity contribution in [2.75, 3.05) is 19.5 Å². The summed E-state index contributed by atoms with van der Waals surface area (Å²) in [5, 5.41) is 3.34. The minimum absolute atomic E-state index is 0.359. The highest BCUT2D eigenvalue weighted by atomic mass is 16.5. The van der Waals surface area contributed by atoms with Crippen molar-refractivity contribution in [1.82, 2.24) is 4.57 Å². The Morgan fingerprint density at radius 3 is 2.52 bits per heavy atom. The molecule has 128 valence electrons. The summed E-state index contributed by atoms with van der Waals surface area (Å²) in [6.07, 6.45) is 1.66. The van der Waals surface area contributed by atoms with E-state index >= 15 is 0 Å². The van der Waals surface area contributed by atoms with Gasteiger partial charge < -0.3 is 19.4 Å². The Hall–Kier alpha value is -3.28. The number of carbonyl (C=O) groups is 2. The predicted octanol–water partition coefficient (Wildman–Crippen LogP) is 3.02. The molecule has 0 fully saturated rings. The number of ether oxygens (including phenoxy) is 2. The number of anilines is 1. The van der Waals surface area contributed by atoms with Gasteiger partial charge in [-0.25, -0.2) is 0 Å². The van der Waals surface area contributed by atoms with Crippen molar-refractivity contribution in [3.05, 3.63) is 54.2 Å². The van der Waals surface area contributed by atoms with Crippen LogP contribution in [-0.2, 0) is 11.8 Å². The average Bonchev–Trinajstić information content (AvgIpc) is 2.98. The number of nitrogens with one attached hydrogen (secondary N) is 1.